The Morgan fingerprint density at radius 1 is 0.857 bits per heavy atom. The van der Waals surface area contributed by atoms with Gasteiger partial charge in [0.1, 0.15) is 5.82 Å². The molecule has 35 heavy (non-hydrogen) atoms. The number of nitrogens with zero attached hydrogens (tertiary/aromatic N) is 2. The monoisotopic (exact) mass is 604 g/mol. The highest BCUT2D eigenvalue weighted by molar-refractivity contribution is 14.1. The molecule has 0 aliphatic heterocycles. The lowest BCUT2D eigenvalue weighted by Gasteiger charge is -2.32. The van der Waals surface area contributed by atoms with Gasteiger partial charge in [0.2, 0.25) is 0 Å². The van der Waals surface area contributed by atoms with Crippen LogP contribution in [0.15, 0.2) is 77.6 Å². The minimum atomic E-state index is -6.01. The summed E-state index contributed by atoms with van der Waals surface area (Å²) in [5, 5.41) is 9.90. The molecule has 4 rings (SSSR count). The molecule has 0 aliphatic rings. The van der Waals surface area contributed by atoms with Gasteiger partial charge in [-0.1, -0.05) is 42.5 Å². The van der Waals surface area contributed by atoms with E-state index < -0.39 is 29.1 Å². The van der Waals surface area contributed by atoms with E-state index in [4.69, 9.17) is 0 Å². The zero-order valence-corrected chi connectivity index (χ0v) is 19.7. The Bertz CT molecular complexity index is 1420. The minimum absolute atomic E-state index is 0.00430. The fourth-order valence-electron chi connectivity index (χ4n) is 3.71. The van der Waals surface area contributed by atoms with E-state index in [9.17, 15) is 36.2 Å². The number of benzene rings is 3. The lowest BCUT2D eigenvalue weighted by atomic mass is 9.92. The predicted molar refractivity (Wildman–Crippen MR) is 125 cm³/mol. The maximum Gasteiger partial charge on any atom is 0.430 e. The third kappa shape index (κ3) is 4.54. The Morgan fingerprint density at radius 3 is 2.03 bits per heavy atom. The molecule has 0 saturated carbocycles. The molecule has 0 atom stereocenters. The number of hydrogen-bond acceptors (Lipinski definition) is 3. The third-order valence-corrected chi connectivity index (χ3v) is 6.14. The SMILES string of the molecule is O=c1c2cc(I)ccc2nc(Cc2ccccc2)n1-c1ccc(C(O)(C(F)(F)F)C(F)(F)F)cc1. The zero-order chi connectivity index (χ0) is 25.6. The summed E-state index contributed by atoms with van der Waals surface area (Å²) in [6, 6.07) is 16.8. The lowest BCUT2D eigenvalue weighted by Crippen LogP contribution is -2.53. The van der Waals surface area contributed by atoms with Crippen LogP contribution in [-0.4, -0.2) is 27.0 Å². The van der Waals surface area contributed by atoms with Gasteiger partial charge in [-0.25, -0.2) is 4.98 Å². The smallest absolute Gasteiger partial charge is 0.369 e. The molecule has 0 unspecified atom stereocenters. The van der Waals surface area contributed by atoms with Crippen LogP contribution in [0.25, 0.3) is 16.6 Å². The average molecular weight is 604 g/mol. The molecule has 0 bridgehead atoms. The Kier molecular flexibility index (Phi) is 6.43. The third-order valence-electron chi connectivity index (χ3n) is 5.47. The van der Waals surface area contributed by atoms with Crippen LogP contribution in [0.1, 0.15) is 17.0 Å². The van der Waals surface area contributed by atoms with Crippen molar-refractivity contribution in [3.63, 3.8) is 0 Å². The standard InChI is InChI=1S/C24H15F6IN2O2/c25-23(26,27)22(35,24(28,29)30)15-6-9-17(10-7-15)33-20(12-14-4-2-1-3-5-14)32-19-11-8-16(31)13-18(19)21(33)34/h1-11,13,35H,12H2. The van der Waals surface area contributed by atoms with Crippen molar-refractivity contribution >= 4 is 33.5 Å². The van der Waals surface area contributed by atoms with E-state index in [1.54, 1.807) is 48.5 Å². The first kappa shape index (κ1) is 25.2. The van der Waals surface area contributed by atoms with Crippen LogP contribution in [0.2, 0.25) is 0 Å². The fraction of sp³-hybridized carbons (Fsp3) is 0.167. The maximum atomic E-state index is 13.4. The topological polar surface area (TPSA) is 55.1 Å². The van der Waals surface area contributed by atoms with E-state index in [-0.39, 0.29) is 23.3 Å². The molecule has 0 fully saturated rings. The highest BCUT2D eigenvalue weighted by Gasteiger charge is 2.71. The predicted octanol–water partition coefficient (Wildman–Crippen LogP) is 5.89. The molecule has 1 heterocycles. The molecule has 1 N–H and O–H groups in total. The summed E-state index contributed by atoms with van der Waals surface area (Å²) in [6.07, 6.45) is -11.8. The highest BCUT2D eigenvalue weighted by Crippen LogP contribution is 2.50. The van der Waals surface area contributed by atoms with E-state index in [0.29, 0.717) is 17.6 Å². The van der Waals surface area contributed by atoms with Gasteiger partial charge in [-0.2, -0.15) is 26.3 Å². The summed E-state index contributed by atoms with van der Waals surface area (Å²) in [4.78, 5) is 18.0. The normalized spacial score (nSPS) is 12.8. The number of aliphatic hydroxyl groups is 1. The molecule has 0 radical (unpaired) electrons. The second-order valence-corrected chi connectivity index (χ2v) is 8.99. The lowest BCUT2D eigenvalue weighted by molar-refractivity contribution is -0.376. The van der Waals surface area contributed by atoms with Gasteiger partial charge in [-0.05, 0) is 58.5 Å². The molecule has 0 amide bonds. The van der Waals surface area contributed by atoms with E-state index in [1.165, 1.54) is 0 Å². The Labute approximate surface area is 208 Å². The average Bonchev–Trinajstić information content (AvgIpc) is 2.79. The summed E-state index contributed by atoms with van der Waals surface area (Å²) in [6.45, 7) is 0. The number of rotatable bonds is 4. The molecule has 4 aromatic rings. The molecule has 1 aromatic heterocycles. The first-order valence-electron chi connectivity index (χ1n) is 10.0. The number of alkyl halides is 6. The van der Waals surface area contributed by atoms with Gasteiger partial charge in [0.15, 0.2) is 0 Å². The Morgan fingerprint density at radius 2 is 1.46 bits per heavy atom. The van der Waals surface area contributed by atoms with Crippen LogP contribution in [-0.2, 0) is 12.0 Å². The molecular weight excluding hydrogens is 589 g/mol. The van der Waals surface area contributed by atoms with Gasteiger partial charge in [0, 0.05) is 15.6 Å². The number of halogens is 7. The zero-order valence-electron chi connectivity index (χ0n) is 17.5. The summed E-state index contributed by atoms with van der Waals surface area (Å²) in [5.74, 6) is 0.240. The molecule has 182 valence electrons. The minimum Gasteiger partial charge on any atom is -0.369 e. The van der Waals surface area contributed by atoms with E-state index in [2.05, 4.69) is 4.98 Å². The van der Waals surface area contributed by atoms with Crippen molar-refractivity contribution in [2.24, 2.45) is 0 Å². The van der Waals surface area contributed by atoms with Crippen molar-refractivity contribution in [2.45, 2.75) is 24.4 Å². The molecule has 11 heteroatoms. The van der Waals surface area contributed by atoms with Crippen LogP contribution < -0.4 is 5.56 Å². The molecule has 0 aliphatic carbocycles. The van der Waals surface area contributed by atoms with Gasteiger partial charge in [-0.3, -0.25) is 9.36 Å². The summed E-state index contributed by atoms with van der Waals surface area (Å²) >= 11 is 2.01. The van der Waals surface area contributed by atoms with Gasteiger partial charge in [-0.15, -0.1) is 0 Å². The van der Waals surface area contributed by atoms with Gasteiger partial charge in [0.05, 0.1) is 16.6 Å². The van der Waals surface area contributed by atoms with Crippen LogP contribution in [0, 0.1) is 3.57 Å². The molecule has 3 aromatic carbocycles. The van der Waals surface area contributed by atoms with Gasteiger partial charge in [0.25, 0.3) is 11.2 Å². The largest absolute Gasteiger partial charge is 0.430 e. The van der Waals surface area contributed by atoms with Crippen LogP contribution in [0.5, 0.6) is 0 Å². The molecule has 0 spiro atoms. The van der Waals surface area contributed by atoms with Crippen LogP contribution >= 0.6 is 22.6 Å². The second-order valence-electron chi connectivity index (χ2n) is 7.75. The van der Waals surface area contributed by atoms with E-state index >= 15 is 0 Å². The van der Waals surface area contributed by atoms with Crippen molar-refractivity contribution in [2.75, 3.05) is 0 Å². The van der Waals surface area contributed by atoms with Gasteiger partial charge >= 0.3 is 12.4 Å². The van der Waals surface area contributed by atoms with Crippen LogP contribution in [0.4, 0.5) is 26.3 Å². The first-order chi connectivity index (χ1) is 16.3. The quantitative estimate of drug-likeness (QED) is 0.234. The van der Waals surface area contributed by atoms with Crippen molar-refractivity contribution in [1.29, 1.82) is 0 Å². The second kappa shape index (κ2) is 8.94. The van der Waals surface area contributed by atoms with E-state index in [0.717, 1.165) is 25.8 Å². The van der Waals surface area contributed by atoms with Crippen molar-refractivity contribution in [3.05, 3.63) is 104 Å². The van der Waals surface area contributed by atoms with Crippen molar-refractivity contribution in [1.82, 2.24) is 9.55 Å². The first-order valence-corrected chi connectivity index (χ1v) is 11.1. The van der Waals surface area contributed by atoms with Gasteiger partial charge < -0.3 is 5.11 Å². The Hall–Kier alpha value is -2.93. The van der Waals surface area contributed by atoms with Crippen LogP contribution in [0.3, 0.4) is 0 Å². The highest BCUT2D eigenvalue weighted by atomic mass is 127. The summed E-state index contributed by atoms with van der Waals surface area (Å²) < 4.78 is 81.4. The summed E-state index contributed by atoms with van der Waals surface area (Å²) in [7, 11) is 0. The number of fused-ring (bicyclic) bond motifs is 1. The molecule has 0 saturated heterocycles. The van der Waals surface area contributed by atoms with Crippen molar-refractivity contribution < 1.29 is 31.4 Å². The Balaban J connectivity index is 1.91. The maximum absolute atomic E-state index is 13.4. The number of hydrogen-bond donors (Lipinski definition) is 1. The fourth-order valence-corrected chi connectivity index (χ4v) is 4.20. The van der Waals surface area contributed by atoms with Crippen molar-refractivity contribution in [3.8, 4) is 5.69 Å². The summed E-state index contributed by atoms with van der Waals surface area (Å²) in [5.41, 5.74) is -5.81. The number of aromatic nitrogens is 2. The molecular formula is C24H15F6IN2O2. The molecule has 4 nitrogen and oxygen atoms in total. The van der Waals surface area contributed by atoms with E-state index in [1.807, 2.05) is 22.6 Å².